The van der Waals surface area contributed by atoms with Crippen molar-refractivity contribution in [1.29, 1.82) is 0 Å². The second-order valence-corrected chi connectivity index (χ2v) is 5.82. The van der Waals surface area contributed by atoms with Gasteiger partial charge in [-0.05, 0) is 39.5 Å². The van der Waals surface area contributed by atoms with Crippen molar-refractivity contribution in [2.24, 2.45) is 11.0 Å². The van der Waals surface area contributed by atoms with E-state index in [0.29, 0.717) is 39.7 Å². The van der Waals surface area contributed by atoms with E-state index in [1.165, 1.54) is 0 Å². The Morgan fingerprint density at radius 3 is 2.68 bits per heavy atom. The van der Waals surface area contributed by atoms with Crippen molar-refractivity contribution in [3.63, 3.8) is 0 Å². The van der Waals surface area contributed by atoms with Crippen molar-refractivity contribution in [2.45, 2.75) is 6.42 Å². The first-order valence-electron chi connectivity index (χ1n) is 5.48. The van der Waals surface area contributed by atoms with Gasteiger partial charge in [0.2, 0.25) is 5.91 Å². The summed E-state index contributed by atoms with van der Waals surface area (Å²) in [5, 5.41) is 4.41. The Kier molecular flexibility index (Phi) is 4.58. The van der Waals surface area contributed by atoms with E-state index in [4.69, 9.17) is 28.7 Å². The monoisotopic (exact) mass is 362 g/mol. The third-order valence-electron chi connectivity index (χ3n) is 2.89. The van der Waals surface area contributed by atoms with Crippen molar-refractivity contribution in [1.82, 2.24) is 0 Å². The number of anilines is 1. The van der Waals surface area contributed by atoms with Crippen LogP contribution in [0.5, 0.6) is 0 Å². The number of benzene rings is 1. The number of hydrogen-bond acceptors (Lipinski definition) is 2. The molecule has 0 N–H and O–H groups in total. The van der Waals surface area contributed by atoms with E-state index in [1.54, 1.807) is 17.0 Å². The highest BCUT2D eigenvalue weighted by Gasteiger charge is 2.30. The maximum Gasteiger partial charge on any atom is 0.227 e. The molecule has 100 valence electrons. The molecule has 1 heterocycles. The summed E-state index contributed by atoms with van der Waals surface area (Å²) in [5.74, 6) is 0.0113. The van der Waals surface area contributed by atoms with Crippen molar-refractivity contribution in [3.8, 4) is 0 Å². The predicted octanol–water partition coefficient (Wildman–Crippen LogP) is 4.42. The largest absolute Gasteiger partial charge is 0.312 e. The van der Waals surface area contributed by atoms with Gasteiger partial charge in [0.1, 0.15) is 0 Å². The van der Waals surface area contributed by atoms with Crippen molar-refractivity contribution in [2.75, 3.05) is 18.0 Å². The number of amides is 1. The molecule has 0 radical (unpaired) electrons. The summed E-state index contributed by atoms with van der Waals surface area (Å²) in [6.45, 7) is 0.822. The zero-order chi connectivity index (χ0) is 14.0. The van der Waals surface area contributed by atoms with Gasteiger partial charge in [-0.2, -0.15) is 0 Å². The SMILES string of the molecule is [N-]=[N+]=NCC1CC(=O)N(c2cc(Cl)c(Br)c(Cl)c2)C1. The highest BCUT2D eigenvalue weighted by molar-refractivity contribution is 9.10. The second-order valence-electron chi connectivity index (χ2n) is 4.21. The Morgan fingerprint density at radius 1 is 1.47 bits per heavy atom. The molecule has 1 atom stereocenters. The molecule has 1 unspecified atom stereocenters. The van der Waals surface area contributed by atoms with Crippen LogP contribution in [0.2, 0.25) is 10.0 Å². The summed E-state index contributed by atoms with van der Waals surface area (Å²) in [6, 6.07) is 3.37. The van der Waals surface area contributed by atoms with E-state index in [2.05, 4.69) is 26.0 Å². The van der Waals surface area contributed by atoms with E-state index in [9.17, 15) is 4.79 Å². The molecule has 1 amide bonds. The smallest absolute Gasteiger partial charge is 0.227 e. The molecule has 2 rings (SSSR count). The number of halogens is 3. The molecule has 1 aromatic rings. The van der Waals surface area contributed by atoms with E-state index >= 15 is 0 Å². The van der Waals surface area contributed by atoms with E-state index in [1.807, 2.05) is 0 Å². The third-order valence-corrected chi connectivity index (χ3v) is 4.80. The van der Waals surface area contributed by atoms with Crippen LogP contribution >= 0.6 is 39.1 Å². The number of carbonyl (C=O) groups excluding carboxylic acids is 1. The van der Waals surface area contributed by atoms with Gasteiger partial charge in [-0.3, -0.25) is 4.79 Å². The van der Waals surface area contributed by atoms with Crippen LogP contribution in [0.4, 0.5) is 5.69 Å². The lowest BCUT2D eigenvalue weighted by molar-refractivity contribution is -0.117. The van der Waals surface area contributed by atoms with Crippen LogP contribution in [-0.4, -0.2) is 19.0 Å². The first kappa shape index (κ1) is 14.5. The number of hydrogen-bond donors (Lipinski definition) is 0. The summed E-state index contributed by atoms with van der Waals surface area (Å²) < 4.78 is 0.608. The Bertz CT molecular complexity index is 551. The zero-order valence-electron chi connectivity index (χ0n) is 9.68. The molecule has 1 aliphatic rings. The highest BCUT2D eigenvalue weighted by Crippen LogP contribution is 2.36. The van der Waals surface area contributed by atoms with Gasteiger partial charge in [0.15, 0.2) is 0 Å². The van der Waals surface area contributed by atoms with Crippen molar-refractivity contribution < 1.29 is 4.79 Å². The molecule has 0 aliphatic carbocycles. The molecule has 1 saturated heterocycles. The summed E-state index contributed by atoms with van der Waals surface area (Å²) >= 11 is 15.3. The summed E-state index contributed by atoms with van der Waals surface area (Å²) in [6.07, 6.45) is 0.365. The van der Waals surface area contributed by atoms with Gasteiger partial charge in [-0.15, -0.1) is 0 Å². The Balaban J connectivity index is 2.23. The van der Waals surface area contributed by atoms with Crippen molar-refractivity contribution >= 4 is 50.7 Å². The zero-order valence-corrected chi connectivity index (χ0v) is 12.8. The number of nitrogens with zero attached hydrogens (tertiary/aromatic N) is 4. The van der Waals surface area contributed by atoms with E-state index < -0.39 is 0 Å². The fourth-order valence-corrected chi connectivity index (χ4v) is 2.71. The Labute approximate surface area is 128 Å². The summed E-state index contributed by atoms with van der Waals surface area (Å²) in [7, 11) is 0. The maximum absolute atomic E-state index is 11.9. The summed E-state index contributed by atoms with van der Waals surface area (Å²) in [5.41, 5.74) is 8.96. The van der Waals surface area contributed by atoms with Gasteiger partial charge in [0.25, 0.3) is 0 Å². The fraction of sp³-hybridized carbons (Fsp3) is 0.364. The van der Waals surface area contributed by atoms with Gasteiger partial charge in [-0.25, -0.2) is 0 Å². The molecule has 1 aliphatic heterocycles. The van der Waals surface area contributed by atoms with Crippen LogP contribution in [0.1, 0.15) is 6.42 Å². The molecular weight excluding hydrogens is 355 g/mol. The second kappa shape index (κ2) is 6.01. The molecular formula is C11H9BrCl2N4O. The molecule has 1 fully saturated rings. The molecule has 0 bridgehead atoms. The molecule has 5 nitrogen and oxygen atoms in total. The first-order chi connectivity index (χ1) is 9.02. The average Bonchev–Trinajstić information content (AvgIpc) is 2.74. The first-order valence-corrected chi connectivity index (χ1v) is 7.03. The van der Waals surface area contributed by atoms with Gasteiger partial charge < -0.3 is 4.90 Å². The lowest BCUT2D eigenvalue weighted by atomic mass is 10.1. The van der Waals surface area contributed by atoms with Gasteiger partial charge in [-0.1, -0.05) is 28.3 Å². The van der Waals surface area contributed by atoms with E-state index in [0.717, 1.165) is 0 Å². The van der Waals surface area contributed by atoms with Crippen LogP contribution in [0.3, 0.4) is 0 Å². The lowest BCUT2D eigenvalue weighted by Crippen LogP contribution is -2.24. The van der Waals surface area contributed by atoms with Crippen LogP contribution in [0.15, 0.2) is 21.7 Å². The van der Waals surface area contributed by atoms with E-state index in [-0.39, 0.29) is 11.8 Å². The van der Waals surface area contributed by atoms with Gasteiger partial charge in [0.05, 0.1) is 14.5 Å². The normalized spacial score (nSPS) is 18.6. The Morgan fingerprint density at radius 2 is 2.11 bits per heavy atom. The Hall–Kier alpha value is -0.940. The fourth-order valence-electron chi connectivity index (χ4n) is 2.00. The minimum atomic E-state index is -0.0207. The van der Waals surface area contributed by atoms with Crippen LogP contribution in [0, 0.1) is 5.92 Å². The third kappa shape index (κ3) is 3.15. The minimum Gasteiger partial charge on any atom is -0.312 e. The molecule has 1 aromatic carbocycles. The number of carbonyl (C=O) groups is 1. The number of azide groups is 1. The van der Waals surface area contributed by atoms with Crippen molar-refractivity contribution in [3.05, 3.63) is 37.1 Å². The highest BCUT2D eigenvalue weighted by atomic mass is 79.9. The maximum atomic E-state index is 11.9. The quantitative estimate of drug-likeness (QED) is 0.339. The van der Waals surface area contributed by atoms with Crippen LogP contribution in [0.25, 0.3) is 10.4 Å². The molecule has 0 aromatic heterocycles. The standard InChI is InChI=1S/C11H9BrCl2N4O/c12-11-8(13)2-7(3-9(11)14)18-5-6(1-10(18)19)4-16-17-15/h2-3,6H,1,4-5H2. The molecule has 0 spiro atoms. The van der Waals surface area contributed by atoms with Gasteiger partial charge >= 0.3 is 0 Å². The molecule has 8 heteroatoms. The topological polar surface area (TPSA) is 69.1 Å². The average molecular weight is 364 g/mol. The molecule has 19 heavy (non-hydrogen) atoms. The lowest BCUT2D eigenvalue weighted by Gasteiger charge is -2.17. The number of rotatable bonds is 3. The minimum absolute atomic E-state index is 0.0207. The predicted molar refractivity (Wildman–Crippen MR) is 78.6 cm³/mol. The summed E-state index contributed by atoms with van der Waals surface area (Å²) in [4.78, 5) is 16.3. The van der Waals surface area contributed by atoms with Crippen LogP contribution in [-0.2, 0) is 4.79 Å². The van der Waals surface area contributed by atoms with Gasteiger partial charge in [0, 0.05) is 30.1 Å². The van der Waals surface area contributed by atoms with Crippen LogP contribution < -0.4 is 4.90 Å². The molecule has 0 saturated carbocycles.